The van der Waals surface area contributed by atoms with E-state index < -0.39 is 0 Å². The van der Waals surface area contributed by atoms with E-state index in [1.54, 1.807) is 7.05 Å². The van der Waals surface area contributed by atoms with Gasteiger partial charge in [0.15, 0.2) is 0 Å². The molecular formula is C2H8N4Ru. The molecule has 0 bridgehead atoms. The topological polar surface area (TPSA) is 76.4 Å². The van der Waals surface area contributed by atoms with E-state index in [-0.39, 0.29) is 25.4 Å². The van der Waals surface area contributed by atoms with Crippen LogP contribution >= 0.6 is 0 Å². The Morgan fingerprint density at radius 2 is 2.00 bits per heavy atom. The number of nitrogens with two attached hydrogens (primary N) is 2. The predicted octanol–water partition coefficient (Wildman–Crippen LogP) is -1.61. The molecule has 5 N–H and O–H groups in total. The van der Waals surface area contributed by atoms with E-state index in [0.29, 0.717) is 0 Å². The molecule has 4 nitrogen and oxygen atoms in total. The molecule has 0 spiro atoms. The molecule has 0 heterocycles. The molecule has 0 radical (unpaired) electrons. The van der Waals surface area contributed by atoms with Crippen molar-refractivity contribution < 1.29 is 19.5 Å². The van der Waals surface area contributed by atoms with E-state index in [1.807, 2.05) is 0 Å². The quantitative estimate of drug-likeness (QED) is 0.201. The van der Waals surface area contributed by atoms with Gasteiger partial charge in [0.1, 0.15) is 0 Å². The van der Waals surface area contributed by atoms with E-state index >= 15 is 0 Å². The molecule has 7 heavy (non-hydrogen) atoms. The Balaban J connectivity index is 0. The maximum absolute atomic E-state index is 4.87. The van der Waals surface area contributed by atoms with E-state index in [9.17, 15) is 0 Å². The number of nitrogens with zero attached hydrogens (tertiary/aromatic N) is 1. The van der Waals surface area contributed by atoms with Crippen LogP contribution in [0.15, 0.2) is 5.10 Å². The van der Waals surface area contributed by atoms with Crippen LogP contribution in [0.4, 0.5) is 0 Å². The van der Waals surface area contributed by atoms with Gasteiger partial charge < -0.3 is 16.9 Å². The molecule has 5 heteroatoms. The Bertz CT molecular complexity index is 56.7. The van der Waals surface area contributed by atoms with Crippen LogP contribution in [-0.4, -0.2) is 13.0 Å². The second kappa shape index (κ2) is 5.69. The third kappa shape index (κ3) is 10.7. The van der Waals surface area contributed by atoms with Crippen LogP contribution in [0, 0.1) is 0 Å². The van der Waals surface area contributed by atoms with Crippen molar-refractivity contribution in [1.29, 1.82) is 0 Å². The van der Waals surface area contributed by atoms with Crippen LogP contribution in [0.2, 0.25) is 0 Å². The van der Waals surface area contributed by atoms with Crippen LogP contribution in [0.5, 0.6) is 0 Å². The minimum atomic E-state index is 0. The number of nitrogens with one attached hydrogen (secondary N) is 1. The van der Waals surface area contributed by atoms with Crippen LogP contribution in [0.3, 0.4) is 0 Å². The molecule has 0 saturated carbocycles. The molecule has 0 atom stereocenters. The second-order valence-electron chi connectivity index (χ2n) is 0.760. The smallest absolute Gasteiger partial charge is 0.208 e. The predicted molar refractivity (Wildman–Crippen MR) is 24.9 cm³/mol. The third-order valence-electron chi connectivity index (χ3n) is 0.241. The first kappa shape index (κ1) is 9.85. The van der Waals surface area contributed by atoms with Gasteiger partial charge in [0.2, 0.25) is 5.96 Å². The van der Waals surface area contributed by atoms with Crippen molar-refractivity contribution in [3.8, 4) is 0 Å². The first-order valence-corrected chi connectivity index (χ1v) is 1.52. The average molecular weight is 189 g/mol. The van der Waals surface area contributed by atoms with Crippen molar-refractivity contribution in [2.75, 3.05) is 7.05 Å². The van der Waals surface area contributed by atoms with Gasteiger partial charge in [0.05, 0.1) is 0 Å². The first-order chi connectivity index (χ1) is 2.77. The molecule has 0 aromatic carbocycles. The standard InChI is InChI=1S/C2H8N4.Ru/c1-5-6-2(3)4;/h5H,1H3,(H4,3,4,6);. The van der Waals surface area contributed by atoms with Gasteiger partial charge in [-0.3, -0.25) is 0 Å². The zero-order valence-electron chi connectivity index (χ0n) is 3.96. The molecule has 0 saturated heterocycles. The summed E-state index contributed by atoms with van der Waals surface area (Å²) in [5, 5.41) is 3.35. The van der Waals surface area contributed by atoms with Gasteiger partial charge in [0, 0.05) is 26.5 Å². The minimum Gasteiger partial charge on any atom is -0.369 e. The third-order valence-corrected chi connectivity index (χ3v) is 0.241. The zero-order valence-corrected chi connectivity index (χ0v) is 5.69. The summed E-state index contributed by atoms with van der Waals surface area (Å²) >= 11 is 0. The summed E-state index contributed by atoms with van der Waals surface area (Å²) in [6.45, 7) is 0. The monoisotopic (exact) mass is 190 g/mol. The van der Waals surface area contributed by atoms with Gasteiger partial charge in [-0.2, -0.15) is 0 Å². The molecule has 0 aromatic heterocycles. The van der Waals surface area contributed by atoms with Crippen molar-refractivity contribution in [3.05, 3.63) is 0 Å². The van der Waals surface area contributed by atoms with Crippen molar-refractivity contribution in [1.82, 2.24) is 5.43 Å². The van der Waals surface area contributed by atoms with Crippen LogP contribution in [0.25, 0.3) is 0 Å². The number of hydrogen-bond donors (Lipinski definition) is 3. The molecule has 0 aromatic rings. The summed E-state index contributed by atoms with van der Waals surface area (Å²) < 4.78 is 0. The summed E-state index contributed by atoms with van der Waals surface area (Å²) in [6.07, 6.45) is 0. The summed E-state index contributed by atoms with van der Waals surface area (Å²) in [7, 11) is 1.62. The molecule has 0 fully saturated rings. The summed E-state index contributed by atoms with van der Waals surface area (Å²) in [6, 6.07) is 0. The minimum absolute atomic E-state index is 0. The van der Waals surface area contributed by atoms with Crippen molar-refractivity contribution >= 4 is 5.96 Å². The van der Waals surface area contributed by atoms with Crippen molar-refractivity contribution in [2.45, 2.75) is 0 Å². The second-order valence-corrected chi connectivity index (χ2v) is 0.760. The largest absolute Gasteiger partial charge is 0.369 e. The summed E-state index contributed by atoms with van der Waals surface area (Å²) in [4.78, 5) is 0. The van der Waals surface area contributed by atoms with Crippen LogP contribution in [0.1, 0.15) is 0 Å². The summed E-state index contributed by atoms with van der Waals surface area (Å²) in [5.41, 5.74) is 12.1. The fourth-order valence-electron chi connectivity index (χ4n) is 0.129. The van der Waals surface area contributed by atoms with E-state index in [0.717, 1.165) is 0 Å². The number of hydrogen-bond acceptors (Lipinski definition) is 2. The van der Waals surface area contributed by atoms with Crippen molar-refractivity contribution in [3.63, 3.8) is 0 Å². The zero-order chi connectivity index (χ0) is 4.99. The first-order valence-electron chi connectivity index (χ1n) is 1.52. The van der Waals surface area contributed by atoms with Crippen LogP contribution in [-0.2, 0) is 19.5 Å². The molecule has 0 aliphatic heterocycles. The van der Waals surface area contributed by atoms with Gasteiger partial charge >= 0.3 is 0 Å². The van der Waals surface area contributed by atoms with Gasteiger partial charge in [0.25, 0.3) is 0 Å². The van der Waals surface area contributed by atoms with Gasteiger partial charge in [-0.05, 0) is 0 Å². The Morgan fingerprint density at radius 1 is 1.57 bits per heavy atom. The average Bonchev–Trinajstić information content (AvgIpc) is 1.35. The molecule has 0 unspecified atom stereocenters. The maximum atomic E-state index is 4.87. The van der Waals surface area contributed by atoms with Gasteiger partial charge in [-0.1, -0.05) is 0 Å². The van der Waals surface area contributed by atoms with E-state index in [2.05, 4.69) is 10.5 Å². The molecule has 0 aliphatic carbocycles. The number of rotatable bonds is 1. The number of guanidine groups is 1. The SMILES string of the molecule is CNN=C(N)N.[Ru]. The van der Waals surface area contributed by atoms with E-state index in [1.165, 1.54) is 0 Å². The number of hydrazone groups is 1. The summed E-state index contributed by atoms with van der Waals surface area (Å²) in [5.74, 6) is 0.0532. The molecule has 0 aliphatic rings. The van der Waals surface area contributed by atoms with Gasteiger partial charge in [-0.25, -0.2) is 0 Å². The Morgan fingerprint density at radius 3 is 2.00 bits per heavy atom. The maximum Gasteiger partial charge on any atom is 0.208 e. The Hall–Kier alpha value is -0.307. The molecule has 44 valence electrons. The molecule has 0 rings (SSSR count). The molecule has 0 amide bonds. The Kier molecular flexibility index (Phi) is 8.01. The Labute approximate surface area is 55.1 Å². The van der Waals surface area contributed by atoms with Gasteiger partial charge in [-0.15, -0.1) is 5.10 Å². The molecular weight excluding hydrogens is 181 g/mol. The van der Waals surface area contributed by atoms with Crippen LogP contribution < -0.4 is 16.9 Å². The van der Waals surface area contributed by atoms with Crippen molar-refractivity contribution in [2.24, 2.45) is 16.6 Å². The fourth-order valence-corrected chi connectivity index (χ4v) is 0.129. The normalized spacial score (nSPS) is 5.86. The van der Waals surface area contributed by atoms with E-state index in [4.69, 9.17) is 11.5 Å². The fraction of sp³-hybridized carbons (Fsp3) is 0.500.